The van der Waals surface area contributed by atoms with E-state index < -0.39 is 11.5 Å². The Kier molecular flexibility index (Phi) is 5.51. The molecule has 4 nitrogen and oxygen atoms in total. The maximum absolute atomic E-state index is 12.3. The van der Waals surface area contributed by atoms with Gasteiger partial charge in [-0.05, 0) is 32.8 Å². The van der Waals surface area contributed by atoms with Crippen LogP contribution in [0.3, 0.4) is 0 Å². The average molecular weight is 265 g/mol. The number of hydrogen-bond donors (Lipinski definition) is 2. The molecule has 0 saturated heterocycles. The van der Waals surface area contributed by atoms with E-state index in [1.807, 2.05) is 31.2 Å². The smallest absolute Gasteiger partial charge is 0.317 e. The van der Waals surface area contributed by atoms with Crippen LogP contribution >= 0.6 is 0 Å². The highest BCUT2D eigenvalue weighted by Gasteiger charge is 2.41. The van der Waals surface area contributed by atoms with Crippen molar-refractivity contribution in [3.05, 3.63) is 35.4 Å². The summed E-state index contributed by atoms with van der Waals surface area (Å²) in [6.07, 6.45) is -0.375. The first-order chi connectivity index (χ1) is 8.96. The fourth-order valence-corrected chi connectivity index (χ4v) is 2.32. The van der Waals surface area contributed by atoms with E-state index in [0.29, 0.717) is 6.61 Å². The minimum Gasteiger partial charge on any atom is -0.465 e. The Bertz CT molecular complexity index is 431. The Morgan fingerprint density at radius 1 is 1.53 bits per heavy atom. The molecule has 4 heteroatoms. The first kappa shape index (κ1) is 15.7. The molecule has 0 bridgehead atoms. The van der Waals surface area contributed by atoms with E-state index in [0.717, 1.165) is 11.1 Å². The zero-order chi connectivity index (χ0) is 14.5. The molecule has 1 rings (SSSR count). The van der Waals surface area contributed by atoms with Gasteiger partial charge in [-0.25, -0.2) is 0 Å². The number of esters is 1. The van der Waals surface area contributed by atoms with Crippen LogP contribution in [0.4, 0.5) is 0 Å². The Hall–Kier alpha value is -1.39. The number of aryl methyl sites for hydroxylation is 1. The van der Waals surface area contributed by atoms with Gasteiger partial charge in [0.05, 0.1) is 12.7 Å². The summed E-state index contributed by atoms with van der Waals surface area (Å²) in [6.45, 7) is 5.78. The minimum absolute atomic E-state index is 0.111. The van der Waals surface area contributed by atoms with Crippen molar-refractivity contribution in [3.8, 4) is 0 Å². The molecule has 2 unspecified atom stereocenters. The van der Waals surface area contributed by atoms with Gasteiger partial charge in [-0.15, -0.1) is 0 Å². The van der Waals surface area contributed by atoms with Crippen LogP contribution < -0.4 is 5.73 Å². The highest BCUT2D eigenvalue weighted by Crippen LogP contribution is 2.31. The van der Waals surface area contributed by atoms with E-state index in [4.69, 9.17) is 10.5 Å². The van der Waals surface area contributed by atoms with Gasteiger partial charge in [0.25, 0.3) is 0 Å². The van der Waals surface area contributed by atoms with E-state index in [-0.39, 0.29) is 18.9 Å². The molecule has 1 aromatic carbocycles. The molecule has 0 amide bonds. The third kappa shape index (κ3) is 3.55. The van der Waals surface area contributed by atoms with Crippen molar-refractivity contribution in [1.82, 2.24) is 0 Å². The quantitative estimate of drug-likeness (QED) is 0.765. The van der Waals surface area contributed by atoms with Crippen LogP contribution in [0.2, 0.25) is 0 Å². The molecule has 106 valence electrons. The van der Waals surface area contributed by atoms with Gasteiger partial charge in [-0.2, -0.15) is 0 Å². The van der Waals surface area contributed by atoms with E-state index in [1.54, 1.807) is 13.8 Å². The van der Waals surface area contributed by atoms with Crippen molar-refractivity contribution < 1.29 is 14.6 Å². The summed E-state index contributed by atoms with van der Waals surface area (Å²) in [5.74, 6) is -0.371. The molecule has 0 spiro atoms. The second kappa shape index (κ2) is 6.68. The van der Waals surface area contributed by atoms with Gasteiger partial charge in [-0.1, -0.05) is 29.8 Å². The van der Waals surface area contributed by atoms with Crippen LogP contribution in [0.15, 0.2) is 24.3 Å². The lowest BCUT2D eigenvalue weighted by Gasteiger charge is -2.32. The summed E-state index contributed by atoms with van der Waals surface area (Å²) in [4.78, 5) is 12.3. The first-order valence-corrected chi connectivity index (χ1v) is 6.58. The maximum atomic E-state index is 12.3. The number of hydrogen-bond acceptors (Lipinski definition) is 4. The molecule has 3 N–H and O–H groups in total. The van der Waals surface area contributed by atoms with Crippen LogP contribution in [0.5, 0.6) is 0 Å². The Morgan fingerprint density at radius 2 is 2.21 bits per heavy atom. The second-order valence-corrected chi connectivity index (χ2v) is 4.93. The molecule has 0 radical (unpaired) electrons. The van der Waals surface area contributed by atoms with Gasteiger partial charge in [0.1, 0.15) is 5.41 Å². The molecule has 0 aliphatic carbocycles. The number of aliphatic hydroxyl groups is 1. The third-order valence-corrected chi connectivity index (χ3v) is 3.23. The number of nitrogens with two attached hydrogens (primary N) is 1. The summed E-state index contributed by atoms with van der Waals surface area (Å²) in [6, 6.07) is 7.62. The number of carbonyl (C=O) groups excluding carboxylic acids is 1. The average Bonchev–Trinajstić information content (AvgIpc) is 2.36. The summed E-state index contributed by atoms with van der Waals surface area (Å²) in [7, 11) is 0. The molecule has 0 heterocycles. The zero-order valence-corrected chi connectivity index (χ0v) is 11.8. The van der Waals surface area contributed by atoms with Crippen molar-refractivity contribution in [2.24, 2.45) is 5.73 Å². The maximum Gasteiger partial charge on any atom is 0.317 e. The lowest BCUT2D eigenvalue weighted by atomic mass is 9.75. The highest BCUT2D eigenvalue weighted by atomic mass is 16.5. The number of benzene rings is 1. The predicted molar refractivity (Wildman–Crippen MR) is 74.8 cm³/mol. The summed E-state index contributed by atoms with van der Waals surface area (Å²) >= 11 is 0. The van der Waals surface area contributed by atoms with Gasteiger partial charge in [0.2, 0.25) is 0 Å². The molecular formula is C15H23NO3. The molecule has 19 heavy (non-hydrogen) atoms. The van der Waals surface area contributed by atoms with Gasteiger partial charge in [-0.3, -0.25) is 4.79 Å². The van der Waals surface area contributed by atoms with Crippen LogP contribution in [0, 0.1) is 6.92 Å². The molecule has 1 aromatic rings. The molecule has 0 aliphatic heterocycles. The van der Waals surface area contributed by atoms with E-state index >= 15 is 0 Å². The topological polar surface area (TPSA) is 72.5 Å². The van der Waals surface area contributed by atoms with Crippen molar-refractivity contribution >= 4 is 5.97 Å². The number of ether oxygens (including phenoxy) is 1. The molecule has 0 aromatic heterocycles. The Morgan fingerprint density at radius 3 is 2.68 bits per heavy atom. The molecule has 0 saturated carbocycles. The van der Waals surface area contributed by atoms with Crippen molar-refractivity contribution in [2.45, 2.75) is 38.7 Å². The molecular weight excluding hydrogens is 242 g/mol. The Balaban J connectivity index is 3.26. The van der Waals surface area contributed by atoms with E-state index in [9.17, 15) is 9.90 Å². The lowest BCUT2D eigenvalue weighted by Crippen LogP contribution is -2.46. The molecule has 0 aliphatic rings. The number of rotatable bonds is 6. The first-order valence-electron chi connectivity index (χ1n) is 6.58. The minimum atomic E-state index is -0.976. The summed E-state index contributed by atoms with van der Waals surface area (Å²) in [5.41, 5.74) is 6.73. The highest BCUT2D eigenvalue weighted by molar-refractivity contribution is 5.83. The third-order valence-electron chi connectivity index (χ3n) is 3.23. The van der Waals surface area contributed by atoms with Crippen LogP contribution in [0.1, 0.15) is 31.4 Å². The van der Waals surface area contributed by atoms with Crippen LogP contribution in [-0.2, 0) is 14.9 Å². The standard InChI is InChI=1S/C15H23NO3/c1-4-19-14(18)15(10-16,9-12(3)17)13-7-5-6-11(2)8-13/h5-8,12,17H,4,9-10,16H2,1-3H3. The lowest BCUT2D eigenvalue weighted by molar-refractivity contribution is -0.151. The predicted octanol–water partition coefficient (Wildman–Crippen LogP) is 1.53. The summed E-state index contributed by atoms with van der Waals surface area (Å²) in [5, 5.41) is 9.70. The second-order valence-electron chi connectivity index (χ2n) is 4.93. The summed E-state index contributed by atoms with van der Waals surface area (Å²) < 4.78 is 5.16. The monoisotopic (exact) mass is 265 g/mol. The van der Waals surface area contributed by atoms with Gasteiger partial charge >= 0.3 is 5.97 Å². The molecule has 2 atom stereocenters. The van der Waals surface area contributed by atoms with E-state index in [2.05, 4.69) is 0 Å². The SMILES string of the molecule is CCOC(=O)C(CN)(CC(C)O)c1cccc(C)c1. The van der Waals surface area contributed by atoms with Crippen LogP contribution in [-0.4, -0.2) is 30.3 Å². The normalized spacial score (nSPS) is 15.6. The van der Waals surface area contributed by atoms with Gasteiger partial charge < -0.3 is 15.6 Å². The van der Waals surface area contributed by atoms with Crippen molar-refractivity contribution in [3.63, 3.8) is 0 Å². The van der Waals surface area contributed by atoms with Gasteiger partial charge in [0.15, 0.2) is 0 Å². The fourth-order valence-electron chi connectivity index (χ4n) is 2.32. The van der Waals surface area contributed by atoms with Crippen LogP contribution in [0.25, 0.3) is 0 Å². The molecule has 0 fully saturated rings. The zero-order valence-electron chi connectivity index (χ0n) is 11.8. The van der Waals surface area contributed by atoms with E-state index in [1.165, 1.54) is 0 Å². The van der Waals surface area contributed by atoms with Gasteiger partial charge in [0, 0.05) is 6.54 Å². The largest absolute Gasteiger partial charge is 0.465 e. The Labute approximate surface area is 114 Å². The number of carbonyl (C=O) groups is 1. The van der Waals surface area contributed by atoms with Crippen molar-refractivity contribution in [2.75, 3.05) is 13.2 Å². The number of aliphatic hydroxyl groups excluding tert-OH is 1. The van der Waals surface area contributed by atoms with Crippen molar-refractivity contribution in [1.29, 1.82) is 0 Å². The fraction of sp³-hybridized carbons (Fsp3) is 0.533.